The summed E-state index contributed by atoms with van der Waals surface area (Å²) in [7, 11) is 2.24. The van der Waals surface area contributed by atoms with Crippen LogP contribution in [0, 0.1) is 0 Å². The average molecular weight is 487 g/mol. The molecule has 3 aromatic rings. The number of hydrogen-bond donors (Lipinski definition) is 1. The molecule has 1 aliphatic heterocycles. The van der Waals surface area contributed by atoms with Crippen molar-refractivity contribution in [2.24, 2.45) is 5.73 Å². The molecule has 2 fully saturated rings. The number of likely N-dealkylation sites (N-methyl/N-ethyl adjacent to an activating group) is 1. The number of pyridine rings is 2. The highest BCUT2D eigenvalue weighted by Crippen LogP contribution is 2.44. The van der Waals surface area contributed by atoms with E-state index in [0.29, 0.717) is 10.7 Å². The Hall–Kier alpha value is -1.86. The van der Waals surface area contributed by atoms with Crippen LogP contribution in [0.3, 0.4) is 0 Å². The zero-order valence-corrected chi connectivity index (χ0v) is 20.9. The molecule has 2 N–H and O–H groups in total. The van der Waals surface area contributed by atoms with E-state index >= 15 is 0 Å². The summed E-state index contributed by atoms with van der Waals surface area (Å²) in [5, 5.41) is 1.36. The van der Waals surface area contributed by atoms with Gasteiger partial charge >= 0.3 is 0 Å². The molecule has 3 aromatic heterocycles. The summed E-state index contributed by atoms with van der Waals surface area (Å²) in [5.41, 5.74) is 9.52. The number of nitrogens with two attached hydrogens (primary N) is 1. The van der Waals surface area contributed by atoms with Crippen molar-refractivity contribution in [3.8, 4) is 0 Å². The summed E-state index contributed by atoms with van der Waals surface area (Å²) in [6.45, 7) is 5.24. The van der Waals surface area contributed by atoms with Crippen molar-refractivity contribution in [3.63, 3.8) is 0 Å². The van der Waals surface area contributed by atoms with Crippen molar-refractivity contribution < 1.29 is 0 Å². The fourth-order valence-corrected chi connectivity index (χ4v) is 5.83. The first-order valence-corrected chi connectivity index (χ1v) is 12.6. The molecule has 0 unspecified atom stereocenters. The van der Waals surface area contributed by atoms with Gasteiger partial charge in [-0.05, 0) is 62.9 Å². The molecule has 5 rings (SSSR count). The zero-order valence-electron chi connectivity index (χ0n) is 19.3. The Bertz CT molecular complexity index is 1140. The van der Waals surface area contributed by atoms with Gasteiger partial charge in [-0.15, -0.1) is 0 Å². The number of piperazine rings is 1. The lowest BCUT2D eigenvalue weighted by atomic mass is 9.97. The van der Waals surface area contributed by atoms with E-state index in [1.165, 1.54) is 12.8 Å². The molecule has 2 atom stereocenters. The predicted molar refractivity (Wildman–Crippen MR) is 135 cm³/mol. The molecule has 1 saturated heterocycles. The molecule has 2 aliphatic rings. The third-order valence-electron chi connectivity index (χ3n) is 7.50. The summed E-state index contributed by atoms with van der Waals surface area (Å²) in [4.78, 5) is 14.3. The summed E-state index contributed by atoms with van der Waals surface area (Å²) >= 11 is 13.2. The maximum absolute atomic E-state index is 6.91. The van der Waals surface area contributed by atoms with E-state index in [4.69, 9.17) is 33.9 Å². The van der Waals surface area contributed by atoms with Crippen LogP contribution in [0.5, 0.6) is 0 Å². The number of fused-ring (bicyclic) bond motifs is 1. The number of halogens is 2. The first-order valence-electron chi connectivity index (χ1n) is 11.9. The molecule has 4 heterocycles. The van der Waals surface area contributed by atoms with Gasteiger partial charge < -0.3 is 10.6 Å². The molecule has 6 nitrogen and oxygen atoms in total. The lowest BCUT2D eigenvalue weighted by Crippen LogP contribution is -2.53. The van der Waals surface area contributed by atoms with Gasteiger partial charge in [-0.1, -0.05) is 42.6 Å². The van der Waals surface area contributed by atoms with Crippen LogP contribution in [-0.2, 0) is 0 Å². The minimum Gasteiger partial charge on any atom is -0.355 e. The number of nitrogens with zero attached hydrogens (tertiary/aromatic N) is 5. The number of rotatable bonds is 7. The van der Waals surface area contributed by atoms with Crippen molar-refractivity contribution in [2.75, 3.05) is 31.6 Å². The van der Waals surface area contributed by atoms with Gasteiger partial charge in [0.25, 0.3) is 0 Å². The predicted octanol–water partition coefficient (Wildman–Crippen LogP) is 5.29. The van der Waals surface area contributed by atoms with Crippen molar-refractivity contribution in [1.29, 1.82) is 0 Å². The summed E-state index contributed by atoms with van der Waals surface area (Å²) in [6.07, 6.45) is 7.06. The molecular formula is C25H32Cl2N6. The van der Waals surface area contributed by atoms with Gasteiger partial charge in [0, 0.05) is 31.4 Å². The van der Waals surface area contributed by atoms with Crippen LogP contribution in [0.25, 0.3) is 5.65 Å². The lowest BCUT2D eigenvalue weighted by molar-refractivity contribution is 0.198. The van der Waals surface area contributed by atoms with Gasteiger partial charge in [0.05, 0.1) is 22.5 Å². The van der Waals surface area contributed by atoms with Gasteiger partial charge in [-0.2, -0.15) is 0 Å². The van der Waals surface area contributed by atoms with Crippen LogP contribution >= 0.6 is 23.2 Å². The molecule has 8 heteroatoms. The number of anilines is 1. The van der Waals surface area contributed by atoms with Crippen LogP contribution in [0.2, 0.25) is 10.2 Å². The number of hydrogen-bond acceptors (Lipinski definition) is 5. The van der Waals surface area contributed by atoms with E-state index in [-0.39, 0.29) is 12.0 Å². The molecule has 1 spiro atoms. The largest absolute Gasteiger partial charge is 0.355 e. The van der Waals surface area contributed by atoms with Gasteiger partial charge in [0.1, 0.15) is 16.6 Å². The van der Waals surface area contributed by atoms with E-state index < -0.39 is 0 Å². The van der Waals surface area contributed by atoms with E-state index in [1.807, 2.05) is 18.2 Å². The average Bonchev–Trinajstić information content (AvgIpc) is 3.50. The Balaban J connectivity index is 1.30. The van der Waals surface area contributed by atoms with Crippen LogP contribution in [0.15, 0.2) is 36.5 Å². The van der Waals surface area contributed by atoms with Crippen LogP contribution in [0.1, 0.15) is 62.4 Å². The number of imidazole rings is 1. The van der Waals surface area contributed by atoms with Crippen molar-refractivity contribution >= 4 is 34.7 Å². The standard InChI is InChI=1S/C25H32Cl2N6/c1-17(22-18(26)7-5-13-29-22)6-3-8-19(28)23-24(27)33-20(30-23)9-4-10-21(33)32-15-14-31(2)25(16-32)11-12-25/h4-5,7,9-10,13,17,19H,3,6,8,11-12,14-16,28H2,1-2H3/t17-,19+/m0/s1. The second kappa shape index (κ2) is 9.06. The summed E-state index contributed by atoms with van der Waals surface area (Å²) in [6, 6.07) is 9.78. The smallest absolute Gasteiger partial charge is 0.139 e. The maximum atomic E-state index is 6.91. The SMILES string of the molecule is C[C@@H](CCC[C@@H](N)c1nc2cccc(N3CCN(C)C4(CC4)C3)n2c1Cl)c1ncccc1Cl. The molecule has 33 heavy (non-hydrogen) atoms. The van der Waals surface area contributed by atoms with E-state index in [2.05, 4.69) is 45.3 Å². The quantitative estimate of drug-likeness (QED) is 0.491. The molecule has 0 bridgehead atoms. The highest BCUT2D eigenvalue weighted by Gasteiger charge is 2.49. The number of aromatic nitrogens is 3. The normalized spacial score (nSPS) is 19.8. The zero-order chi connectivity index (χ0) is 23.2. The molecule has 0 amide bonds. The molecule has 176 valence electrons. The Kier molecular flexibility index (Phi) is 6.29. The topological polar surface area (TPSA) is 62.7 Å². The monoisotopic (exact) mass is 486 g/mol. The molecule has 0 radical (unpaired) electrons. The van der Waals surface area contributed by atoms with Gasteiger partial charge in [-0.3, -0.25) is 14.3 Å². The lowest BCUT2D eigenvalue weighted by Gasteiger charge is -2.41. The first-order chi connectivity index (χ1) is 15.9. The summed E-state index contributed by atoms with van der Waals surface area (Å²) in [5.74, 6) is 1.39. The highest BCUT2D eigenvalue weighted by atomic mass is 35.5. The van der Waals surface area contributed by atoms with E-state index in [0.717, 1.165) is 66.8 Å². The Morgan fingerprint density at radius 1 is 1.09 bits per heavy atom. The van der Waals surface area contributed by atoms with Crippen molar-refractivity contribution in [3.05, 3.63) is 58.1 Å². The van der Waals surface area contributed by atoms with Crippen molar-refractivity contribution in [2.45, 2.75) is 56.5 Å². The van der Waals surface area contributed by atoms with Crippen LogP contribution < -0.4 is 10.6 Å². The fraction of sp³-hybridized carbons (Fsp3) is 0.520. The van der Waals surface area contributed by atoms with Crippen molar-refractivity contribution in [1.82, 2.24) is 19.3 Å². The van der Waals surface area contributed by atoms with Crippen LogP contribution in [-0.4, -0.2) is 51.5 Å². The fourth-order valence-electron chi connectivity index (χ4n) is 5.16. The third-order valence-corrected chi connectivity index (χ3v) is 8.18. The van der Waals surface area contributed by atoms with Crippen LogP contribution in [0.4, 0.5) is 5.82 Å². The highest BCUT2D eigenvalue weighted by molar-refractivity contribution is 6.31. The second-order valence-electron chi connectivity index (χ2n) is 9.74. The Labute approximate surface area is 205 Å². The molecule has 0 aromatic carbocycles. The molecule has 1 saturated carbocycles. The van der Waals surface area contributed by atoms with Gasteiger partial charge in [0.15, 0.2) is 0 Å². The van der Waals surface area contributed by atoms with E-state index in [1.54, 1.807) is 6.20 Å². The Morgan fingerprint density at radius 3 is 2.67 bits per heavy atom. The van der Waals surface area contributed by atoms with Gasteiger partial charge in [-0.25, -0.2) is 4.98 Å². The minimum atomic E-state index is -0.209. The maximum Gasteiger partial charge on any atom is 0.139 e. The Morgan fingerprint density at radius 2 is 1.91 bits per heavy atom. The first kappa shape index (κ1) is 22.9. The molecular weight excluding hydrogens is 455 g/mol. The molecule has 1 aliphatic carbocycles. The minimum absolute atomic E-state index is 0.209. The van der Waals surface area contributed by atoms with Gasteiger partial charge in [0.2, 0.25) is 0 Å². The third kappa shape index (κ3) is 4.34. The van der Waals surface area contributed by atoms with E-state index in [9.17, 15) is 0 Å². The summed E-state index contributed by atoms with van der Waals surface area (Å²) < 4.78 is 2.08. The second-order valence-corrected chi connectivity index (χ2v) is 10.5.